The van der Waals surface area contributed by atoms with E-state index in [2.05, 4.69) is 65.8 Å². The Hall–Kier alpha value is -0.650. The van der Waals surface area contributed by atoms with E-state index in [0.717, 1.165) is 21.3 Å². The van der Waals surface area contributed by atoms with E-state index in [0.29, 0.717) is 0 Å². The van der Waals surface area contributed by atoms with Crippen LogP contribution in [0, 0.1) is 0 Å². The average molecular weight is 373 g/mol. The van der Waals surface area contributed by atoms with Gasteiger partial charge in [0.2, 0.25) is 0 Å². The summed E-state index contributed by atoms with van der Waals surface area (Å²) in [6.07, 6.45) is 3.85. The molecular weight excluding hydrogens is 358 g/mol. The zero-order valence-electron chi connectivity index (χ0n) is 10.3. The van der Waals surface area contributed by atoms with Gasteiger partial charge in [-0.25, -0.2) is 4.98 Å². The van der Waals surface area contributed by atoms with Crippen LogP contribution >= 0.6 is 31.9 Å². The van der Waals surface area contributed by atoms with Crippen LogP contribution in [0.3, 0.4) is 0 Å². The van der Waals surface area contributed by atoms with Gasteiger partial charge in [0.1, 0.15) is 5.82 Å². The lowest BCUT2D eigenvalue weighted by Gasteiger charge is -2.18. The highest BCUT2D eigenvalue weighted by atomic mass is 79.9. The SMILES string of the molecule is CCn1ccnc1C(NC)c1cc(Br)cc(Br)c1. The quantitative estimate of drug-likeness (QED) is 0.885. The van der Waals surface area contributed by atoms with E-state index in [-0.39, 0.29) is 6.04 Å². The molecule has 2 rings (SSSR count). The van der Waals surface area contributed by atoms with E-state index >= 15 is 0 Å². The fourth-order valence-corrected chi connectivity index (χ4v) is 3.36. The van der Waals surface area contributed by atoms with Gasteiger partial charge in [0.25, 0.3) is 0 Å². The normalized spacial score (nSPS) is 12.7. The van der Waals surface area contributed by atoms with Crippen molar-refractivity contribution in [2.45, 2.75) is 19.5 Å². The molecule has 0 spiro atoms. The van der Waals surface area contributed by atoms with Crippen LogP contribution in [0.4, 0.5) is 0 Å². The van der Waals surface area contributed by atoms with Crippen LogP contribution in [0.15, 0.2) is 39.5 Å². The molecule has 5 heteroatoms. The second kappa shape index (κ2) is 5.99. The fraction of sp³-hybridized carbons (Fsp3) is 0.308. The van der Waals surface area contributed by atoms with Gasteiger partial charge in [-0.3, -0.25) is 0 Å². The first-order valence-corrected chi connectivity index (χ1v) is 7.38. The Balaban J connectivity index is 2.45. The summed E-state index contributed by atoms with van der Waals surface area (Å²) in [6, 6.07) is 6.35. The summed E-state index contributed by atoms with van der Waals surface area (Å²) in [5.74, 6) is 1.03. The maximum atomic E-state index is 4.46. The molecule has 0 aliphatic carbocycles. The molecule has 1 aromatic heterocycles. The van der Waals surface area contributed by atoms with Crippen molar-refractivity contribution >= 4 is 31.9 Å². The number of hydrogen-bond acceptors (Lipinski definition) is 2. The summed E-state index contributed by atoms with van der Waals surface area (Å²) in [7, 11) is 1.95. The van der Waals surface area contributed by atoms with Crippen LogP contribution in [0.5, 0.6) is 0 Å². The van der Waals surface area contributed by atoms with Gasteiger partial charge in [0.05, 0.1) is 6.04 Å². The summed E-state index contributed by atoms with van der Waals surface area (Å²) in [5.41, 5.74) is 1.18. The molecule has 18 heavy (non-hydrogen) atoms. The molecule has 0 fully saturated rings. The first-order valence-electron chi connectivity index (χ1n) is 5.80. The summed E-state index contributed by atoms with van der Waals surface area (Å²) in [6.45, 7) is 3.04. The molecule has 96 valence electrons. The fourth-order valence-electron chi connectivity index (χ4n) is 2.04. The second-order valence-electron chi connectivity index (χ2n) is 4.00. The summed E-state index contributed by atoms with van der Waals surface area (Å²) >= 11 is 7.05. The lowest BCUT2D eigenvalue weighted by atomic mass is 10.1. The van der Waals surface area contributed by atoms with Gasteiger partial charge < -0.3 is 9.88 Å². The van der Waals surface area contributed by atoms with Crippen molar-refractivity contribution < 1.29 is 0 Å². The van der Waals surface area contributed by atoms with Gasteiger partial charge in [-0.1, -0.05) is 31.9 Å². The van der Waals surface area contributed by atoms with Crippen LogP contribution in [0.1, 0.15) is 24.4 Å². The van der Waals surface area contributed by atoms with Crippen LogP contribution in [0.25, 0.3) is 0 Å². The molecule has 1 N–H and O–H groups in total. The number of imidazole rings is 1. The lowest BCUT2D eigenvalue weighted by Crippen LogP contribution is -2.21. The number of benzene rings is 1. The van der Waals surface area contributed by atoms with E-state index in [1.165, 1.54) is 5.56 Å². The Morgan fingerprint density at radius 2 is 1.94 bits per heavy atom. The van der Waals surface area contributed by atoms with Crippen molar-refractivity contribution in [1.82, 2.24) is 14.9 Å². The minimum absolute atomic E-state index is 0.0914. The zero-order chi connectivity index (χ0) is 13.1. The maximum Gasteiger partial charge on any atom is 0.130 e. The second-order valence-corrected chi connectivity index (χ2v) is 5.83. The Bertz CT molecular complexity index is 517. The Labute approximate surface area is 124 Å². The van der Waals surface area contributed by atoms with Crippen molar-refractivity contribution in [2.75, 3.05) is 7.05 Å². The molecule has 0 radical (unpaired) electrons. The topological polar surface area (TPSA) is 29.9 Å². The van der Waals surface area contributed by atoms with Crippen LogP contribution in [0.2, 0.25) is 0 Å². The first-order chi connectivity index (χ1) is 8.65. The number of nitrogens with zero attached hydrogens (tertiary/aromatic N) is 2. The van der Waals surface area contributed by atoms with Crippen LogP contribution in [-0.4, -0.2) is 16.6 Å². The largest absolute Gasteiger partial charge is 0.334 e. The number of rotatable bonds is 4. The Morgan fingerprint density at radius 1 is 1.28 bits per heavy atom. The molecule has 1 atom stereocenters. The number of aromatic nitrogens is 2. The average Bonchev–Trinajstić information content (AvgIpc) is 2.77. The van der Waals surface area contributed by atoms with Crippen LogP contribution in [-0.2, 0) is 6.54 Å². The third-order valence-electron chi connectivity index (χ3n) is 2.85. The number of halogens is 2. The van der Waals surface area contributed by atoms with Crippen molar-refractivity contribution in [2.24, 2.45) is 0 Å². The molecule has 3 nitrogen and oxygen atoms in total. The van der Waals surface area contributed by atoms with E-state index in [1.807, 2.05) is 25.5 Å². The molecule has 1 unspecified atom stereocenters. The summed E-state index contributed by atoms with van der Waals surface area (Å²) < 4.78 is 4.26. The first kappa shape index (κ1) is 13.8. The molecule has 0 saturated carbocycles. The highest BCUT2D eigenvalue weighted by Crippen LogP contribution is 2.27. The molecule has 1 heterocycles. The number of hydrogen-bond donors (Lipinski definition) is 1. The molecule has 1 aromatic carbocycles. The van der Waals surface area contributed by atoms with Gasteiger partial charge in [0.15, 0.2) is 0 Å². The lowest BCUT2D eigenvalue weighted by molar-refractivity contribution is 0.590. The maximum absolute atomic E-state index is 4.46. The predicted octanol–water partition coefficient (Wildman–Crippen LogP) is 3.74. The van der Waals surface area contributed by atoms with Gasteiger partial charge in [0, 0.05) is 27.9 Å². The van der Waals surface area contributed by atoms with Gasteiger partial charge in [-0.05, 0) is 37.7 Å². The number of aryl methyl sites for hydroxylation is 1. The van der Waals surface area contributed by atoms with Crippen molar-refractivity contribution in [1.29, 1.82) is 0 Å². The summed E-state index contributed by atoms with van der Waals surface area (Å²) in [4.78, 5) is 4.46. The minimum atomic E-state index is 0.0914. The molecule has 0 aliphatic rings. The van der Waals surface area contributed by atoms with Gasteiger partial charge in [-0.2, -0.15) is 0 Å². The molecular formula is C13H15Br2N3. The highest BCUT2D eigenvalue weighted by molar-refractivity contribution is 9.11. The van der Waals surface area contributed by atoms with E-state index < -0.39 is 0 Å². The van der Waals surface area contributed by atoms with E-state index in [9.17, 15) is 0 Å². The van der Waals surface area contributed by atoms with Crippen molar-refractivity contribution in [3.8, 4) is 0 Å². The van der Waals surface area contributed by atoms with Crippen molar-refractivity contribution in [3.63, 3.8) is 0 Å². The number of nitrogens with one attached hydrogen (secondary N) is 1. The molecule has 2 aromatic rings. The Morgan fingerprint density at radius 3 is 2.50 bits per heavy atom. The monoisotopic (exact) mass is 371 g/mol. The molecule has 0 aliphatic heterocycles. The summed E-state index contributed by atoms with van der Waals surface area (Å²) in [5, 5.41) is 3.32. The predicted molar refractivity (Wildman–Crippen MR) is 80.6 cm³/mol. The van der Waals surface area contributed by atoms with Gasteiger partial charge >= 0.3 is 0 Å². The minimum Gasteiger partial charge on any atom is -0.334 e. The third kappa shape index (κ3) is 2.84. The standard InChI is InChI=1S/C13H15Br2N3/c1-3-18-5-4-17-13(18)12(16-2)9-6-10(14)8-11(15)7-9/h4-8,12,16H,3H2,1-2H3. The molecule has 0 bridgehead atoms. The van der Waals surface area contributed by atoms with E-state index in [1.54, 1.807) is 0 Å². The Kier molecular flexibility index (Phi) is 4.59. The molecule has 0 saturated heterocycles. The van der Waals surface area contributed by atoms with Crippen LogP contribution < -0.4 is 5.32 Å². The van der Waals surface area contributed by atoms with E-state index in [4.69, 9.17) is 0 Å². The third-order valence-corrected chi connectivity index (χ3v) is 3.77. The zero-order valence-corrected chi connectivity index (χ0v) is 13.5. The van der Waals surface area contributed by atoms with Gasteiger partial charge in [-0.15, -0.1) is 0 Å². The highest BCUT2D eigenvalue weighted by Gasteiger charge is 2.17. The molecule has 0 amide bonds. The smallest absolute Gasteiger partial charge is 0.130 e. The van der Waals surface area contributed by atoms with Crippen molar-refractivity contribution in [3.05, 3.63) is 50.9 Å².